The fraction of sp³-hybridized carbons (Fsp3) is 0.444. The summed E-state index contributed by atoms with van der Waals surface area (Å²) in [5.74, 6) is 1.53. The van der Waals surface area contributed by atoms with Crippen molar-refractivity contribution in [3.8, 4) is 5.75 Å². The molecule has 1 aromatic heterocycles. The van der Waals surface area contributed by atoms with E-state index >= 15 is 0 Å². The van der Waals surface area contributed by atoms with Gasteiger partial charge in [-0.15, -0.1) is 0 Å². The minimum atomic E-state index is 0.0700. The second-order valence-electron chi connectivity index (χ2n) is 9.45. The summed E-state index contributed by atoms with van der Waals surface area (Å²) in [4.78, 5) is 28.8. The molecule has 7 heteroatoms. The van der Waals surface area contributed by atoms with Gasteiger partial charge in [-0.1, -0.05) is 12.1 Å². The summed E-state index contributed by atoms with van der Waals surface area (Å²) >= 11 is 0. The zero-order valence-corrected chi connectivity index (χ0v) is 19.5. The molecule has 2 fully saturated rings. The molecular formula is C27H32N4O3. The van der Waals surface area contributed by atoms with Crippen molar-refractivity contribution in [3.63, 3.8) is 0 Å². The third-order valence-corrected chi connectivity index (χ3v) is 7.05. The summed E-state index contributed by atoms with van der Waals surface area (Å²) in [5.41, 5.74) is 3.06. The number of aromatic amines is 1. The fourth-order valence-electron chi connectivity index (χ4n) is 5.14. The first kappa shape index (κ1) is 22.4. The lowest BCUT2D eigenvalue weighted by molar-refractivity contribution is -0.128. The molecule has 2 saturated heterocycles. The van der Waals surface area contributed by atoms with Gasteiger partial charge in [0, 0.05) is 37.0 Å². The van der Waals surface area contributed by atoms with Crippen molar-refractivity contribution >= 4 is 22.7 Å². The van der Waals surface area contributed by atoms with Crippen molar-refractivity contribution < 1.29 is 14.3 Å². The summed E-state index contributed by atoms with van der Waals surface area (Å²) in [6, 6.07) is 13.9. The molecule has 3 heterocycles. The molecule has 2 aromatic carbocycles. The van der Waals surface area contributed by atoms with Gasteiger partial charge in [0.15, 0.2) is 0 Å². The van der Waals surface area contributed by atoms with Gasteiger partial charge in [-0.25, -0.2) is 0 Å². The lowest BCUT2D eigenvalue weighted by Gasteiger charge is -2.21. The molecule has 0 unspecified atom stereocenters. The number of nitrogens with zero attached hydrogens (tertiary/aromatic N) is 3. The second kappa shape index (κ2) is 10.3. The van der Waals surface area contributed by atoms with Gasteiger partial charge < -0.3 is 14.5 Å². The third kappa shape index (κ3) is 5.24. The van der Waals surface area contributed by atoms with Crippen molar-refractivity contribution in [2.24, 2.45) is 5.92 Å². The number of hydrogen-bond acceptors (Lipinski definition) is 4. The molecule has 7 nitrogen and oxygen atoms in total. The first-order chi connectivity index (χ1) is 16.7. The van der Waals surface area contributed by atoms with Crippen LogP contribution in [-0.4, -0.2) is 64.6 Å². The third-order valence-electron chi connectivity index (χ3n) is 7.05. The Morgan fingerprint density at radius 3 is 2.91 bits per heavy atom. The molecule has 2 aliphatic heterocycles. The standard InChI is InChI=1S/C27H32N4O3/c32-26-7-3-11-30(26)14-15-34-24-6-1-5-22(18-24)27(33)31-12-2-4-20(10-13-31)16-21-8-9-25-23(17-21)19-28-29-25/h1,5-6,8-9,17-20H,2-4,7,10-16H2,(H,28,29)/t20-/m0/s1. The van der Waals surface area contributed by atoms with Gasteiger partial charge in [0.05, 0.1) is 18.3 Å². The van der Waals surface area contributed by atoms with Crippen LogP contribution in [0.1, 0.15) is 48.0 Å². The van der Waals surface area contributed by atoms with E-state index in [-0.39, 0.29) is 11.8 Å². The van der Waals surface area contributed by atoms with Crippen LogP contribution in [0.3, 0.4) is 0 Å². The van der Waals surface area contributed by atoms with E-state index in [2.05, 4.69) is 28.4 Å². The summed E-state index contributed by atoms with van der Waals surface area (Å²) in [6.45, 7) is 3.42. The maximum Gasteiger partial charge on any atom is 0.253 e. The monoisotopic (exact) mass is 460 g/mol. The first-order valence-electron chi connectivity index (χ1n) is 12.4. The predicted octanol–water partition coefficient (Wildman–Crippen LogP) is 4.05. The molecule has 5 rings (SSSR count). The van der Waals surface area contributed by atoms with Crippen LogP contribution in [0.25, 0.3) is 10.9 Å². The van der Waals surface area contributed by atoms with Gasteiger partial charge in [-0.05, 0) is 73.9 Å². The molecule has 3 aromatic rings. The molecule has 34 heavy (non-hydrogen) atoms. The Bertz CT molecular complexity index is 1160. The highest BCUT2D eigenvalue weighted by Crippen LogP contribution is 2.25. The lowest BCUT2D eigenvalue weighted by atomic mass is 9.92. The van der Waals surface area contributed by atoms with Crippen LogP contribution in [0.15, 0.2) is 48.7 Å². The number of aromatic nitrogens is 2. The van der Waals surface area contributed by atoms with Crippen molar-refractivity contribution in [2.45, 2.75) is 38.5 Å². The molecule has 0 aliphatic carbocycles. The minimum Gasteiger partial charge on any atom is -0.492 e. The second-order valence-corrected chi connectivity index (χ2v) is 9.45. The Balaban J connectivity index is 1.14. The van der Waals surface area contributed by atoms with E-state index in [0.717, 1.165) is 62.6 Å². The van der Waals surface area contributed by atoms with Crippen LogP contribution in [0.2, 0.25) is 0 Å². The maximum atomic E-state index is 13.2. The highest BCUT2D eigenvalue weighted by molar-refractivity contribution is 5.94. The van der Waals surface area contributed by atoms with Gasteiger partial charge in [-0.2, -0.15) is 5.10 Å². The topological polar surface area (TPSA) is 78.5 Å². The van der Waals surface area contributed by atoms with Gasteiger partial charge in [0.2, 0.25) is 5.91 Å². The van der Waals surface area contributed by atoms with E-state index in [4.69, 9.17) is 4.74 Å². The van der Waals surface area contributed by atoms with Crippen LogP contribution in [0.5, 0.6) is 5.75 Å². The number of nitrogens with one attached hydrogen (secondary N) is 1. The van der Waals surface area contributed by atoms with Crippen LogP contribution in [0.4, 0.5) is 0 Å². The largest absolute Gasteiger partial charge is 0.492 e. The predicted molar refractivity (Wildman–Crippen MR) is 131 cm³/mol. The molecular weight excluding hydrogens is 428 g/mol. The molecule has 1 N–H and O–H groups in total. The van der Waals surface area contributed by atoms with Crippen molar-refractivity contribution in [3.05, 3.63) is 59.8 Å². The maximum absolute atomic E-state index is 13.2. The number of carbonyl (C=O) groups excluding carboxylic acids is 2. The molecule has 2 amide bonds. The Kier molecular flexibility index (Phi) is 6.79. The number of hydrogen-bond donors (Lipinski definition) is 1. The molecule has 0 bridgehead atoms. The van der Waals surface area contributed by atoms with Gasteiger partial charge >= 0.3 is 0 Å². The number of H-pyrrole nitrogens is 1. The number of likely N-dealkylation sites (tertiary alicyclic amines) is 2. The number of benzene rings is 2. The Morgan fingerprint density at radius 2 is 2.03 bits per heavy atom. The summed E-state index contributed by atoms with van der Waals surface area (Å²) in [7, 11) is 0. The lowest BCUT2D eigenvalue weighted by Crippen LogP contribution is -2.32. The van der Waals surface area contributed by atoms with Crippen molar-refractivity contribution in [1.29, 1.82) is 0 Å². The van der Waals surface area contributed by atoms with E-state index in [9.17, 15) is 9.59 Å². The van der Waals surface area contributed by atoms with Gasteiger partial charge in [0.25, 0.3) is 5.91 Å². The zero-order chi connectivity index (χ0) is 23.3. The van der Waals surface area contributed by atoms with E-state index in [0.29, 0.717) is 36.8 Å². The smallest absolute Gasteiger partial charge is 0.253 e. The van der Waals surface area contributed by atoms with Crippen LogP contribution >= 0.6 is 0 Å². The Labute approximate surface area is 200 Å². The highest BCUT2D eigenvalue weighted by Gasteiger charge is 2.23. The first-order valence-corrected chi connectivity index (χ1v) is 12.4. The molecule has 178 valence electrons. The van der Waals surface area contributed by atoms with Crippen molar-refractivity contribution in [2.75, 3.05) is 32.8 Å². The van der Waals surface area contributed by atoms with E-state index < -0.39 is 0 Å². The van der Waals surface area contributed by atoms with E-state index in [1.165, 1.54) is 5.56 Å². The SMILES string of the molecule is O=C1CCCN1CCOc1cccc(C(=O)N2CCC[C@H](Cc3ccc4[nH]ncc4c3)CC2)c1. The molecule has 1 atom stereocenters. The summed E-state index contributed by atoms with van der Waals surface area (Å²) in [5, 5.41) is 8.27. The molecule has 0 saturated carbocycles. The van der Waals surface area contributed by atoms with Crippen LogP contribution < -0.4 is 4.74 Å². The summed E-state index contributed by atoms with van der Waals surface area (Å²) < 4.78 is 5.86. The van der Waals surface area contributed by atoms with Crippen LogP contribution in [-0.2, 0) is 11.2 Å². The molecule has 0 radical (unpaired) electrons. The van der Waals surface area contributed by atoms with Gasteiger partial charge in [-0.3, -0.25) is 14.7 Å². The average Bonchev–Trinajstić information content (AvgIpc) is 3.42. The van der Waals surface area contributed by atoms with E-state index in [1.54, 1.807) is 0 Å². The zero-order valence-electron chi connectivity index (χ0n) is 19.5. The highest BCUT2D eigenvalue weighted by atomic mass is 16.5. The van der Waals surface area contributed by atoms with Crippen LogP contribution in [0, 0.1) is 5.92 Å². The Hall–Kier alpha value is -3.35. The average molecular weight is 461 g/mol. The molecule has 0 spiro atoms. The molecule has 2 aliphatic rings. The number of fused-ring (bicyclic) bond motifs is 1. The van der Waals surface area contributed by atoms with Crippen molar-refractivity contribution in [1.82, 2.24) is 20.0 Å². The Morgan fingerprint density at radius 1 is 1.09 bits per heavy atom. The number of amides is 2. The number of rotatable bonds is 7. The summed E-state index contributed by atoms with van der Waals surface area (Å²) in [6.07, 6.45) is 7.63. The minimum absolute atomic E-state index is 0.0700. The normalized spacial score (nSPS) is 18.9. The number of carbonyl (C=O) groups is 2. The van der Waals surface area contributed by atoms with Gasteiger partial charge in [0.1, 0.15) is 12.4 Å². The fourth-order valence-corrected chi connectivity index (χ4v) is 5.14. The van der Waals surface area contributed by atoms with E-state index in [1.807, 2.05) is 40.3 Å². The quantitative estimate of drug-likeness (QED) is 0.577. The number of ether oxygens (including phenoxy) is 1.